The largest absolute Gasteiger partial charge is 0.355 e. The van der Waals surface area contributed by atoms with Gasteiger partial charge < -0.3 is 9.80 Å². The van der Waals surface area contributed by atoms with Gasteiger partial charge in [0.2, 0.25) is 5.91 Å². The van der Waals surface area contributed by atoms with Gasteiger partial charge in [0.05, 0.1) is 5.41 Å². The maximum absolute atomic E-state index is 13.4. The van der Waals surface area contributed by atoms with E-state index in [0.717, 1.165) is 49.9 Å². The van der Waals surface area contributed by atoms with Crippen LogP contribution in [0.3, 0.4) is 0 Å². The molecule has 3 aliphatic rings. The van der Waals surface area contributed by atoms with Crippen LogP contribution in [-0.4, -0.2) is 52.7 Å². The minimum absolute atomic E-state index is 0.180. The molecule has 0 N–H and O–H groups in total. The number of thioether (sulfide) groups is 1. The highest BCUT2D eigenvalue weighted by Crippen LogP contribution is 2.43. The molecule has 1 atom stereocenters. The molecule has 1 aliphatic carbocycles. The van der Waals surface area contributed by atoms with Crippen molar-refractivity contribution in [1.82, 2.24) is 14.9 Å². The van der Waals surface area contributed by atoms with Crippen LogP contribution in [0, 0.1) is 5.41 Å². The third kappa shape index (κ3) is 3.25. The molecule has 1 saturated carbocycles. The molecule has 6 heteroatoms. The summed E-state index contributed by atoms with van der Waals surface area (Å²) in [6, 6.07) is 2.47. The number of anilines is 1. The third-order valence-electron chi connectivity index (χ3n) is 6.26. The first-order valence-corrected chi connectivity index (χ1v) is 10.9. The quantitative estimate of drug-likeness (QED) is 0.611. The Bertz CT molecular complexity index is 634. The van der Waals surface area contributed by atoms with Crippen LogP contribution in [0.2, 0.25) is 0 Å². The summed E-state index contributed by atoms with van der Waals surface area (Å²) in [4.78, 5) is 26.9. The van der Waals surface area contributed by atoms with Gasteiger partial charge >= 0.3 is 0 Å². The number of hydrogen-bond donors (Lipinski definition) is 0. The zero-order valence-electron chi connectivity index (χ0n) is 15.1. The van der Waals surface area contributed by atoms with E-state index in [1.54, 1.807) is 11.8 Å². The molecule has 0 radical (unpaired) electrons. The lowest BCUT2D eigenvalue weighted by molar-refractivity contribution is -0.148. The molecule has 1 aromatic rings. The summed E-state index contributed by atoms with van der Waals surface area (Å²) in [5, 5.41) is 0.803. The van der Waals surface area contributed by atoms with Crippen LogP contribution < -0.4 is 4.90 Å². The second-order valence-corrected chi connectivity index (χ2v) is 8.52. The average Bonchev–Trinajstić information content (AvgIpc) is 3.10. The Hall–Kier alpha value is -1.30. The molecule has 5 nitrogen and oxygen atoms in total. The molecule has 136 valence electrons. The fourth-order valence-corrected chi connectivity index (χ4v) is 5.25. The standard InChI is InChI=1S/C19H28N4OS/c1-25-18-20-11-8-16(21-18)22-13-10-19(14-22)9-5-12-23(17(19)24)15-6-3-2-4-7-15/h8,11,15H,2-7,9-10,12-14H2,1H3/t19-/m0/s1. The minimum Gasteiger partial charge on any atom is -0.355 e. The lowest BCUT2D eigenvalue weighted by Gasteiger charge is -2.44. The molecule has 1 aromatic heterocycles. The van der Waals surface area contributed by atoms with Gasteiger partial charge in [-0.25, -0.2) is 9.97 Å². The Morgan fingerprint density at radius 3 is 2.80 bits per heavy atom. The number of piperidine rings is 1. The van der Waals surface area contributed by atoms with E-state index < -0.39 is 0 Å². The number of carbonyl (C=O) groups is 1. The Morgan fingerprint density at radius 1 is 1.16 bits per heavy atom. The Labute approximate surface area is 154 Å². The number of amides is 1. The predicted octanol–water partition coefficient (Wildman–Crippen LogP) is 3.35. The van der Waals surface area contributed by atoms with Crippen LogP contribution in [0.25, 0.3) is 0 Å². The summed E-state index contributed by atoms with van der Waals surface area (Å²) in [5.41, 5.74) is -0.180. The third-order valence-corrected chi connectivity index (χ3v) is 6.83. The van der Waals surface area contributed by atoms with Gasteiger partial charge in [-0.2, -0.15) is 0 Å². The monoisotopic (exact) mass is 360 g/mol. The topological polar surface area (TPSA) is 49.3 Å². The molecule has 3 heterocycles. The Morgan fingerprint density at radius 2 is 2.00 bits per heavy atom. The zero-order valence-corrected chi connectivity index (χ0v) is 15.9. The van der Waals surface area contributed by atoms with Crippen LogP contribution in [0.1, 0.15) is 51.4 Å². The van der Waals surface area contributed by atoms with Crippen molar-refractivity contribution in [1.29, 1.82) is 0 Å². The lowest BCUT2D eigenvalue weighted by atomic mass is 9.77. The molecule has 3 fully saturated rings. The van der Waals surface area contributed by atoms with Gasteiger partial charge in [0.15, 0.2) is 5.16 Å². The summed E-state index contributed by atoms with van der Waals surface area (Å²) in [7, 11) is 0. The van der Waals surface area contributed by atoms with Gasteiger partial charge in [-0.3, -0.25) is 4.79 Å². The van der Waals surface area contributed by atoms with Gasteiger partial charge in [0, 0.05) is 31.9 Å². The van der Waals surface area contributed by atoms with E-state index >= 15 is 0 Å². The highest BCUT2D eigenvalue weighted by atomic mass is 32.2. The molecule has 0 aromatic carbocycles. The molecule has 1 spiro atoms. The maximum atomic E-state index is 13.4. The molecule has 0 unspecified atom stereocenters. The first-order chi connectivity index (χ1) is 12.2. The van der Waals surface area contributed by atoms with Crippen LogP contribution in [0.4, 0.5) is 5.82 Å². The van der Waals surface area contributed by atoms with Crippen LogP contribution in [0.5, 0.6) is 0 Å². The van der Waals surface area contributed by atoms with Gasteiger partial charge in [-0.05, 0) is 44.4 Å². The second-order valence-electron chi connectivity index (χ2n) is 7.75. The van der Waals surface area contributed by atoms with Crippen LogP contribution >= 0.6 is 11.8 Å². The van der Waals surface area contributed by atoms with Crippen molar-refractivity contribution in [2.45, 2.75) is 62.6 Å². The van der Waals surface area contributed by atoms with Crippen molar-refractivity contribution in [2.24, 2.45) is 5.41 Å². The molecular weight excluding hydrogens is 332 g/mol. The Kier molecular flexibility index (Phi) is 4.89. The average molecular weight is 361 g/mol. The maximum Gasteiger partial charge on any atom is 0.230 e. The lowest BCUT2D eigenvalue weighted by Crippen LogP contribution is -2.54. The van der Waals surface area contributed by atoms with E-state index in [9.17, 15) is 4.79 Å². The minimum atomic E-state index is -0.180. The molecule has 1 amide bonds. The van der Waals surface area contributed by atoms with Gasteiger partial charge in [-0.15, -0.1) is 0 Å². The number of rotatable bonds is 3. The van der Waals surface area contributed by atoms with E-state index in [4.69, 9.17) is 0 Å². The number of aromatic nitrogens is 2. The molecule has 2 saturated heterocycles. The SMILES string of the molecule is CSc1nccc(N2CC[C@@]3(CCCN(C4CCCCC4)C3=O)C2)n1. The normalized spacial score (nSPS) is 28.1. The number of nitrogens with zero attached hydrogens (tertiary/aromatic N) is 4. The van der Waals surface area contributed by atoms with Crippen molar-refractivity contribution in [2.75, 3.05) is 30.8 Å². The molecule has 4 rings (SSSR count). The van der Waals surface area contributed by atoms with E-state index in [1.165, 1.54) is 32.1 Å². The summed E-state index contributed by atoms with van der Waals surface area (Å²) in [6.07, 6.45) is 13.3. The molecular formula is C19H28N4OS. The number of likely N-dealkylation sites (tertiary alicyclic amines) is 1. The van der Waals surface area contributed by atoms with Gasteiger partial charge in [-0.1, -0.05) is 31.0 Å². The van der Waals surface area contributed by atoms with Crippen molar-refractivity contribution >= 4 is 23.5 Å². The second kappa shape index (κ2) is 7.14. The van der Waals surface area contributed by atoms with E-state index in [-0.39, 0.29) is 5.41 Å². The van der Waals surface area contributed by atoms with Crippen molar-refractivity contribution in [3.63, 3.8) is 0 Å². The smallest absolute Gasteiger partial charge is 0.230 e. The first-order valence-electron chi connectivity index (χ1n) is 9.65. The summed E-state index contributed by atoms with van der Waals surface area (Å²) in [5.74, 6) is 1.39. The van der Waals surface area contributed by atoms with Gasteiger partial charge in [0.25, 0.3) is 0 Å². The molecule has 25 heavy (non-hydrogen) atoms. The van der Waals surface area contributed by atoms with E-state index in [2.05, 4.69) is 19.8 Å². The highest BCUT2D eigenvalue weighted by molar-refractivity contribution is 7.98. The van der Waals surface area contributed by atoms with Crippen molar-refractivity contribution in [3.05, 3.63) is 12.3 Å². The predicted molar refractivity (Wildman–Crippen MR) is 101 cm³/mol. The highest BCUT2D eigenvalue weighted by Gasteiger charge is 2.49. The van der Waals surface area contributed by atoms with Crippen molar-refractivity contribution in [3.8, 4) is 0 Å². The first kappa shape index (κ1) is 17.1. The summed E-state index contributed by atoms with van der Waals surface area (Å²) < 4.78 is 0. The summed E-state index contributed by atoms with van der Waals surface area (Å²) in [6.45, 7) is 2.71. The molecule has 2 aliphatic heterocycles. The fraction of sp³-hybridized carbons (Fsp3) is 0.737. The van der Waals surface area contributed by atoms with E-state index in [0.29, 0.717) is 11.9 Å². The van der Waals surface area contributed by atoms with Gasteiger partial charge in [0.1, 0.15) is 5.82 Å². The Balaban J connectivity index is 1.50. The van der Waals surface area contributed by atoms with E-state index in [1.807, 2.05) is 18.5 Å². The zero-order chi connectivity index (χ0) is 17.3. The van der Waals surface area contributed by atoms with Crippen molar-refractivity contribution < 1.29 is 4.79 Å². The van der Waals surface area contributed by atoms with Crippen LogP contribution in [0.15, 0.2) is 17.4 Å². The number of hydrogen-bond acceptors (Lipinski definition) is 5. The number of carbonyl (C=O) groups excluding carboxylic acids is 1. The molecule has 0 bridgehead atoms. The summed E-state index contributed by atoms with van der Waals surface area (Å²) >= 11 is 1.56. The van der Waals surface area contributed by atoms with Crippen LogP contribution in [-0.2, 0) is 4.79 Å². The fourth-order valence-electron chi connectivity index (χ4n) is 4.89.